The van der Waals surface area contributed by atoms with E-state index >= 15 is 0 Å². The summed E-state index contributed by atoms with van der Waals surface area (Å²) in [5.74, 6) is 0.694. The molecule has 1 aliphatic rings. The van der Waals surface area contributed by atoms with Crippen LogP contribution in [0.2, 0.25) is 0 Å². The average Bonchev–Trinajstić information content (AvgIpc) is 3.49. The highest BCUT2D eigenvalue weighted by molar-refractivity contribution is 7.80. The largest absolute Gasteiger partial charge is 0.497 e. The van der Waals surface area contributed by atoms with Gasteiger partial charge >= 0.3 is 0 Å². The number of hydrogen-bond acceptors (Lipinski definition) is 4. The molecule has 0 spiro atoms. The molecule has 2 aromatic carbocycles. The summed E-state index contributed by atoms with van der Waals surface area (Å²) in [6.45, 7) is 1.49. The molecule has 0 aliphatic carbocycles. The zero-order valence-electron chi connectivity index (χ0n) is 19.4. The van der Waals surface area contributed by atoms with Gasteiger partial charge in [-0.2, -0.15) is 0 Å². The van der Waals surface area contributed by atoms with Gasteiger partial charge in [0.2, 0.25) is 5.91 Å². The number of methoxy groups -OCH3 is 1. The lowest BCUT2D eigenvalue weighted by Crippen LogP contribution is -2.30. The molecular formula is C27H25N5O2S. The summed E-state index contributed by atoms with van der Waals surface area (Å²) < 4.78 is 7.50. The maximum Gasteiger partial charge on any atom is 0.221 e. The maximum absolute atomic E-state index is 11.5. The van der Waals surface area contributed by atoms with Crippen molar-refractivity contribution in [3.63, 3.8) is 0 Å². The highest BCUT2D eigenvalue weighted by atomic mass is 32.1. The van der Waals surface area contributed by atoms with Gasteiger partial charge in [0, 0.05) is 42.1 Å². The monoisotopic (exact) mass is 483 g/mol. The average molecular weight is 484 g/mol. The minimum absolute atomic E-state index is 0.110. The van der Waals surface area contributed by atoms with Gasteiger partial charge in [0.15, 0.2) is 5.11 Å². The van der Waals surface area contributed by atoms with E-state index < -0.39 is 0 Å². The van der Waals surface area contributed by atoms with E-state index in [2.05, 4.69) is 31.2 Å². The lowest BCUT2D eigenvalue weighted by Gasteiger charge is -2.29. The highest BCUT2D eigenvalue weighted by Gasteiger charge is 2.42. The van der Waals surface area contributed by atoms with Gasteiger partial charge in [-0.3, -0.25) is 9.78 Å². The molecule has 7 nitrogen and oxygen atoms in total. The third-order valence-electron chi connectivity index (χ3n) is 6.00. The van der Waals surface area contributed by atoms with Crippen LogP contribution in [0.4, 0.5) is 11.4 Å². The van der Waals surface area contributed by atoms with Gasteiger partial charge in [0.25, 0.3) is 0 Å². The molecule has 0 saturated carbocycles. The molecule has 5 rings (SSSR count). The SMILES string of the molecule is COc1ccc(-n2cccc2C2C(c3ccccn3)NC(=S)N2c2ccc(NC(C)=O)cc2)cc1. The van der Waals surface area contributed by atoms with Crippen molar-refractivity contribution >= 4 is 34.6 Å². The van der Waals surface area contributed by atoms with Gasteiger partial charge in [-0.1, -0.05) is 6.07 Å². The van der Waals surface area contributed by atoms with Crippen molar-refractivity contribution in [2.45, 2.75) is 19.0 Å². The first-order chi connectivity index (χ1) is 17.0. The number of hydrogen-bond donors (Lipinski definition) is 2. The van der Waals surface area contributed by atoms with E-state index in [1.54, 1.807) is 13.3 Å². The Bertz CT molecular complexity index is 1340. The standard InChI is InChI=1S/C27H25N5O2S/c1-18(33)29-19-8-10-21(11-9-19)32-26(25(30-27(32)35)23-6-3-4-16-28-23)24-7-5-17-31(24)20-12-14-22(34-2)15-13-20/h3-17,25-26H,1-2H3,(H,29,33)(H,30,35). The second-order valence-electron chi connectivity index (χ2n) is 8.23. The molecule has 0 bridgehead atoms. The number of aromatic nitrogens is 2. The molecule has 2 N–H and O–H groups in total. The third kappa shape index (κ3) is 4.48. The topological polar surface area (TPSA) is 71.4 Å². The third-order valence-corrected chi connectivity index (χ3v) is 6.31. The number of ether oxygens (including phenoxy) is 1. The zero-order valence-corrected chi connectivity index (χ0v) is 20.2. The van der Waals surface area contributed by atoms with Crippen LogP contribution < -0.4 is 20.3 Å². The lowest BCUT2D eigenvalue weighted by molar-refractivity contribution is -0.114. The molecule has 2 unspecified atom stereocenters. The fourth-order valence-electron chi connectivity index (χ4n) is 4.46. The number of amides is 1. The van der Waals surface area contributed by atoms with Crippen LogP contribution >= 0.6 is 12.2 Å². The number of nitrogens with zero attached hydrogens (tertiary/aromatic N) is 3. The Morgan fingerprint density at radius 3 is 2.40 bits per heavy atom. The zero-order chi connectivity index (χ0) is 24.4. The van der Waals surface area contributed by atoms with Crippen molar-refractivity contribution in [2.24, 2.45) is 0 Å². The van der Waals surface area contributed by atoms with E-state index in [1.807, 2.05) is 79.0 Å². The molecule has 2 atom stereocenters. The fourth-order valence-corrected chi connectivity index (χ4v) is 4.80. The summed E-state index contributed by atoms with van der Waals surface area (Å²) >= 11 is 5.84. The molecule has 2 aromatic heterocycles. The summed E-state index contributed by atoms with van der Waals surface area (Å²) in [5.41, 5.74) is 4.63. The molecule has 0 radical (unpaired) electrons. The maximum atomic E-state index is 11.5. The molecule has 1 fully saturated rings. The minimum atomic E-state index is -0.166. The van der Waals surface area contributed by atoms with Crippen LogP contribution in [-0.4, -0.2) is 27.7 Å². The van der Waals surface area contributed by atoms with Crippen LogP contribution in [-0.2, 0) is 4.79 Å². The number of carbonyl (C=O) groups excluding carboxylic acids is 1. The van der Waals surface area contributed by atoms with E-state index in [9.17, 15) is 4.79 Å². The van der Waals surface area contributed by atoms with Crippen LogP contribution in [0.5, 0.6) is 5.75 Å². The van der Waals surface area contributed by atoms with E-state index in [0.29, 0.717) is 5.11 Å². The van der Waals surface area contributed by atoms with Crippen molar-refractivity contribution in [1.29, 1.82) is 0 Å². The van der Waals surface area contributed by atoms with Gasteiger partial charge < -0.3 is 24.8 Å². The Morgan fingerprint density at radius 1 is 1.00 bits per heavy atom. The van der Waals surface area contributed by atoms with Crippen LogP contribution in [0.25, 0.3) is 5.69 Å². The molecule has 4 aromatic rings. The van der Waals surface area contributed by atoms with E-state index in [-0.39, 0.29) is 18.0 Å². The Balaban J connectivity index is 1.59. The van der Waals surface area contributed by atoms with Gasteiger partial charge in [0.1, 0.15) is 11.8 Å². The smallest absolute Gasteiger partial charge is 0.221 e. The van der Waals surface area contributed by atoms with Gasteiger partial charge in [-0.15, -0.1) is 0 Å². The van der Waals surface area contributed by atoms with Crippen LogP contribution in [0, 0.1) is 0 Å². The predicted octanol–water partition coefficient (Wildman–Crippen LogP) is 5.02. The molecule has 1 saturated heterocycles. The number of nitrogens with one attached hydrogen (secondary N) is 2. The van der Waals surface area contributed by atoms with Crippen molar-refractivity contribution in [2.75, 3.05) is 17.3 Å². The Labute approximate surface area is 209 Å². The Hall–Kier alpha value is -4.17. The summed E-state index contributed by atoms with van der Waals surface area (Å²) in [5, 5.41) is 6.92. The van der Waals surface area contributed by atoms with Gasteiger partial charge in [-0.25, -0.2) is 0 Å². The first-order valence-electron chi connectivity index (χ1n) is 11.2. The Morgan fingerprint density at radius 2 is 1.74 bits per heavy atom. The predicted molar refractivity (Wildman–Crippen MR) is 141 cm³/mol. The minimum Gasteiger partial charge on any atom is -0.497 e. The number of carbonyl (C=O) groups is 1. The van der Waals surface area contributed by atoms with Gasteiger partial charge in [0.05, 0.1) is 18.8 Å². The summed E-state index contributed by atoms with van der Waals surface area (Å²) in [7, 11) is 1.66. The number of thiocarbonyl (C=S) groups is 1. The Kier molecular flexibility index (Phi) is 6.20. The second-order valence-corrected chi connectivity index (χ2v) is 8.61. The van der Waals surface area contributed by atoms with E-state index in [4.69, 9.17) is 17.0 Å². The van der Waals surface area contributed by atoms with Crippen LogP contribution in [0.3, 0.4) is 0 Å². The number of pyridine rings is 1. The fraction of sp³-hybridized carbons (Fsp3) is 0.148. The molecule has 176 valence electrons. The molecule has 1 aliphatic heterocycles. The van der Waals surface area contributed by atoms with Crippen molar-refractivity contribution in [3.8, 4) is 11.4 Å². The first-order valence-corrected chi connectivity index (χ1v) is 11.7. The molecule has 3 heterocycles. The van der Waals surface area contributed by atoms with Crippen molar-refractivity contribution < 1.29 is 9.53 Å². The summed E-state index contributed by atoms with van der Waals surface area (Å²) in [4.78, 5) is 18.2. The van der Waals surface area contributed by atoms with E-state index in [1.165, 1.54) is 6.92 Å². The van der Waals surface area contributed by atoms with Crippen molar-refractivity contribution in [1.82, 2.24) is 14.9 Å². The molecule has 1 amide bonds. The number of benzene rings is 2. The molecule has 8 heteroatoms. The highest BCUT2D eigenvalue weighted by Crippen LogP contribution is 2.42. The first kappa shape index (κ1) is 22.6. The lowest BCUT2D eigenvalue weighted by atomic mass is 10.0. The normalized spacial score (nSPS) is 17.2. The summed E-state index contributed by atoms with van der Waals surface area (Å²) in [6.07, 6.45) is 3.84. The van der Waals surface area contributed by atoms with E-state index in [0.717, 1.165) is 34.2 Å². The number of rotatable bonds is 6. The second kappa shape index (κ2) is 9.60. The molecule has 35 heavy (non-hydrogen) atoms. The number of anilines is 2. The van der Waals surface area contributed by atoms with Crippen LogP contribution in [0.15, 0.2) is 91.3 Å². The quantitative estimate of drug-likeness (QED) is 0.376. The molecular weight excluding hydrogens is 458 g/mol. The van der Waals surface area contributed by atoms with Gasteiger partial charge in [-0.05, 0) is 85.0 Å². The van der Waals surface area contributed by atoms with Crippen molar-refractivity contribution in [3.05, 3.63) is 103 Å². The summed E-state index contributed by atoms with van der Waals surface area (Å²) in [6, 6.07) is 25.4. The van der Waals surface area contributed by atoms with Crippen LogP contribution in [0.1, 0.15) is 30.4 Å².